The number of anilines is 1. The molecule has 5 heteroatoms. The second-order valence-electron chi connectivity index (χ2n) is 7.16. The number of hydrogen-bond donors (Lipinski definition) is 1. The van der Waals surface area contributed by atoms with Crippen molar-refractivity contribution < 1.29 is 5.11 Å². The molecule has 1 atom stereocenters. The number of piperazine rings is 1. The van der Waals surface area contributed by atoms with Gasteiger partial charge in [-0.2, -0.15) is 5.10 Å². The monoisotopic (exact) mass is 328 g/mol. The first-order valence-electron chi connectivity index (χ1n) is 8.92. The summed E-state index contributed by atoms with van der Waals surface area (Å²) in [6.45, 7) is 10.7. The fourth-order valence-corrected chi connectivity index (χ4v) is 3.67. The van der Waals surface area contributed by atoms with Gasteiger partial charge < -0.3 is 10.0 Å². The molecule has 24 heavy (non-hydrogen) atoms. The molecule has 1 aliphatic rings. The smallest absolute Gasteiger partial charge is 0.159 e. The molecule has 0 saturated carbocycles. The minimum atomic E-state index is 0.230. The van der Waals surface area contributed by atoms with Crippen LogP contribution in [0.4, 0.5) is 5.82 Å². The van der Waals surface area contributed by atoms with Gasteiger partial charge >= 0.3 is 0 Å². The fourth-order valence-electron chi connectivity index (χ4n) is 3.67. The van der Waals surface area contributed by atoms with E-state index in [2.05, 4.69) is 58.1 Å². The van der Waals surface area contributed by atoms with Crippen molar-refractivity contribution in [2.45, 2.75) is 33.2 Å². The summed E-state index contributed by atoms with van der Waals surface area (Å²) in [5, 5.41) is 20.7. The highest BCUT2D eigenvalue weighted by Crippen LogP contribution is 2.28. The molecule has 1 saturated heterocycles. The van der Waals surface area contributed by atoms with Gasteiger partial charge in [-0.1, -0.05) is 38.1 Å². The molecule has 1 fully saturated rings. The van der Waals surface area contributed by atoms with Crippen molar-refractivity contribution in [3.63, 3.8) is 0 Å². The van der Waals surface area contributed by atoms with Gasteiger partial charge in [-0.3, -0.25) is 4.90 Å². The lowest BCUT2D eigenvalue weighted by molar-refractivity contribution is 0.129. The molecule has 1 aromatic heterocycles. The van der Waals surface area contributed by atoms with E-state index in [1.807, 2.05) is 6.92 Å². The zero-order valence-electron chi connectivity index (χ0n) is 14.9. The van der Waals surface area contributed by atoms with Crippen LogP contribution < -0.4 is 4.90 Å². The van der Waals surface area contributed by atoms with Crippen LogP contribution in [0.1, 0.15) is 26.0 Å². The van der Waals surface area contributed by atoms with Crippen LogP contribution in [0, 0.1) is 12.8 Å². The van der Waals surface area contributed by atoms with Gasteiger partial charge in [0.05, 0.1) is 5.69 Å². The van der Waals surface area contributed by atoms with Crippen LogP contribution >= 0.6 is 0 Å². The predicted molar refractivity (Wildman–Crippen MR) is 98.4 cm³/mol. The molecule has 5 nitrogen and oxygen atoms in total. The van der Waals surface area contributed by atoms with E-state index in [9.17, 15) is 5.11 Å². The maximum absolute atomic E-state index is 9.46. The van der Waals surface area contributed by atoms with Gasteiger partial charge in [-0.25, -0.2) is 0 Å². The Kier molecular flexibility index (Phi) is 5.31. The predicted octanol–water partition coefficient (Wildman–Crippen LogP) is 2.47. The van der Waals surface area contributed by atoms with Crippen LogP contribution in [-0.4, -0.2) is 59.0 Å². The Labute approximate surface area is 144 Å². The number of nitrogens with zero attached hydrogens (tertiary/aromatic N) is 4. The number of benzene rings is 1. The number of aliphatic hydroxyl groups excluding tert-OH is 1. The molecular weight excluding hydrogens is 300 g/mol. The first kappa shape index (κ1) is 17.1. The molecule has 0 radical (unpaired) electrons. The molecule has 0 aliphatic carbocycles. The zero-order valence-corrected chi connectivity index (χ0v) is 14.9. The number of aliphatic hydroxyl groups is 1. The van der Waals surface area contributed by atoms with Crippen molar-refractivity contribution in [2.75, 3.05) is 37.7 Å². The summed E-state index contributed by atoms with van der Waals surface area (Å²) < 4.78 is 0. The standard InChI is InChI=1S/C19H28N4O/c1-14(2)12-22-9-10-23(13-16(22)8-11-24)19-18-7-5-4-6-17(18)15(3)20-21-19/h4-7,14,16,24H,8-13H2,1-3H3. The van der Waals surface area contributed by atoms with Gasteiger partial charge in [-0.05, 0) is 19.3 Å². The number of aryl methyl sites for hydroxylation is 1. The summed E-state index contributed by atoms with van der Waals surface area (Å²) in [6.07, 6.45) is 0.806. The molecule has 2 aromatic rings. The van der Waals surface area contributed by atoms with Crippen molar-refractivity contribution in [1.29, 1.82) is 0 Å². The van der Waals surface area contributed by atoms with Gasteiger partial charge in [-0.15, -0.1) is 5.10 Å². The Morgan fingerprint density at radius 2 is 1.92 bits per heavy atom. The number of aromatic nitrogens is 2. The van der Waals surface area contributed by atoms with E-state index in [0.717, 1.165) is 44.1 Å². The molecule has 3 rings (SSSR count). The molecule has 1 aliphatic heterocycles. The molecule has 0 spiro atoms. The lowest BCUT2D eigenvalue weighted by atomic mass is 10.0. The zero-order chi connectivity index (χ0) is 17.1. The summed E-state index contributed by atoms with van der Waals surface area (Å²) >= 11 is 0. The second-order valence-corrected chi connectivity index (χ2v) is 7.16. The molecule has 0 bridgehead atoms. The summed E-state index contributed by atoms with van der Waals surface area (Å²) in [5.74, 6) is 1.61. The Morgan fingerprint density at radius 1 is 1.17 bits per heavy atom. The Hall–Kier alpha value is -1.72. The van der Waals surface area contributed by atoms with Gasteiger partial charge in [0.15, 0.2) is 5.82 Å². The van der Waals surface area contributed by atoms with E-state index >= 15 is 0 Å². The van der Waals surface area contributed by atoms with E-state index in [-0.39, 0.29) is 6.61 Å². The van der Waals surface area contributed by atoms with Crippen LogP contribution in [0.5, 0.6) is 0 Å². The molecule has 2 heterocycles. The van der Waals surface area contributed by atoms with E-state index in [4.69, 9.17) is 0 Å². The Balaban J connectivity index is 1.87. The molecule has 1 aromatic carbocycles. The van der Waals surface area contributed by atoms with Crippen molar-refractivity contribution in [1.82, 2.24) is 15.1 Å². The van der Waals surface area contributed by atoms with E-state index < -0.39 is 0 Å². The van der Waals surface area contributed by atoms with Crippen LogP contribution in [0.2, 0.25) is 0 Å². The topological polar surface area (TPSA) is 52.5 Å². The number of hydrogen-bond acceptors (Lipinski definition) is 5. The summed E-state index contributed by atoms with van der Waals surface area (Å²) in [5.41, 5.74) is 0.972. The third kappa shape index (κ3) is 3.52. The molecular formula is C19H28N4O. The lowest BCUT2D eigenvalue weighted by Crippen LogP contribution is -2.54. The van der Waals surface area contributed by atoms with Gasteiger partial charge in [0, 0.05) is 49.6 Å². The van der Waals surface area contributed by atoms with Crippen molar-refractivity contribution in [3.8, 4) is 0 Å². The average molecular weight is 328 g/mol. The van der Waals surface area contributed by atoms with Gasteiger partial charge in [0.25, 0.3) is 0 Å². The lowest BCUT2D eigenvalue weighted by Gasteiger charge is -2.42. The summed E-state index contributed by atoms with van der Waals surface area (Å²) in [4.78, 5) is 4.85. The SMILES string of the molecule is Cc1nnc(N2CCN(CC(C)C)C(CCO)C2)c2ccccc12. The average Bonchev–Trinajstić information content (AvgIpc) is 2.57. The van der Waals surface area contributed by atoms with Gasteiger partial charge in [0.1, 0.15) is 0 Å². The maximum Gasteiger partial charge on any atom is 0.159 e. The Bertz CT molecular complexity index is 688. The largest absolute Gasteiger partial charge is 0.396 e. The van der Waals surface area contributed by atoms with Crippen molar-refractivity contribution >= 4 is 16.6 Å². The van der Waals surface area contributed by atoms with Crippen LogP contribution in [0.15, 0.2) is 24.3 Å². The quantitative estimate of drug-likeness (QED) is 0.914. The van der Waals surface area contributed by atoms with Crippen LogP contribution in [0.3, 0.4) is 0 Å². The van der Waals surface area contributed by atoms with E-state index in [0.29, 0.717) is 12.0 Å². The molecule has 130 valence electrons. The highest BCUT2D eigenvalue weighted by molar-refractivity contribution is 5.93. The molecule has 1 unspecified atom stereocenters. The molecule has 1 N–H and O–H groups in total. The minimum absolute atomic E-state index is 0.230. The van der Waals surface area contributed by atoms with E-state index in [1.54, 1.807) is 0 Å². The summed E-state index contributed by atoms with van der Waals surface area (Å²) in [7, 11) is 0. The summed E-state index contributed by atoms with van der Waals surface area (Å²) in [6, 6.07) is 8.73. The van der Waals surface area contributed by atoms with Crippen LogP contribution in [-0.2, 0) is 0 Å². The third-order valence-corrected chi connectivity index (χ3v) is 4.82. The number of fused-ring (bicyclic) bond motifs is 1. The van der Waals surface area contributed by atoms with E-state index in [1.165, 1.54) is 10.8 Å². The highest BCUT2D eigenvalue weighted by Gasteiger charge is 2.28. The normalized spacial score (nSPS) is 19.4. The third-order valence-electron chi connectivity index (χ3n) is 4.82. The second kappa shape index (κ2) is 7.45. The highest BCUT2D eigenvalue weighted by atomic mass is 16.3. The minimum Gasteiger partial charge on any atom is -0.396 e. The first-order valence-corrected chi connectivity index (χ1v) is 8.92. The van der Waals surface area contributed by atoms with Crippen LogP contribution in [0.25, 0.3) is 10.8 Å². The Morgan fingerprint density at radius 3 is 2.62 bits per heavy atom. The maximum atomic E-state index is 9.46. The van der Waals surface area contributed by atoms with Crippen molar-refractivity contribution in [2.24, 2.45) is 5.92 Å². The van der Waals surface area contributed by atoms with Crippen molar-refractivity contribution in [3.05, 3.63) is 30.0 Å². The molecule has 0 amide bonds. The number of rotatable bonds is 5. The van der Waals surface area contributed by atoms with Gasteiger partial charge in [0.2, 0.25) is 0 Å². The fraction of sp³-hybridized carbons (Fsp3) is 0.579. The first-order chi connectivity index (χ1) is 11.6.